The Kier molecular flexibility index (Phi) is 5.37. The van der Waals surface area contributed by atoms with Crippen LogP contribution in [0.1, 0.15) is 25.0 Å². The number of esters is 1. The normalized spacial score (nSPS) is 15.0. The van der Waals surface area contributed by atoms with Gasteiger partial charge in [0.1, 0.15) is 5.75 Å². The molecule has 26 heavy (non-hydrogen) atoms. The van der Waals surface area contributed by atoms with E-state index in [1.54, 1.807) is 13.2 Å². The summed E-state index contributed by atoms with van der Waals surface area (Å²) >= 11 is 0. The van der Waals surface area contributed by atoms with E-state index in [1.165, 1.54) is 0 Å². The molecule has 0 spiro atoms. The van der Waals surface area contributed by atoms with Gasteiger partial charge in [-0.3, -0.25) is 0 Å². The number of methoxy groups -OCH3 is 1. The van der Waals surface area contributed by atoms with Crippen LogP contribution < -0.4 is 9.64 Å². The van der Waals surface area contributed by atoms with Crippen LogP contribution in [0.15, 0.2) is 59.2 Å². The Labute approximate surface area is 153 Å². The SMILES string of the molecule is CCN(CC)c1ccc(C=C2N=C(c3ccccc3)OC2=O)c(OC)c1. The van der Waals surface area contributed by atoms with Crippen molar-refractivity contribution in [2.24, 2.45) is 4.99 Å². The van der Waals surface area contributed by atoms with Gasteiger partial charge in [-0.25, -0.2) is 9.79 Å². The molecule has 0 aromatic heterocycles. The molecule has 5 heteroatoms. The molecular formula is C21H22N2O3. The molecule has 0 saturated heterocycles. The fourth-order valence-electron chi connectivity index (χ4n) is 2.87. The van der Waals surface area contributed by atoms with Gasteiger partial charge >= 0.3 is 5.97 Å². The molecule has 0 aliphatic carbocycles. The highest BCUT2D eigenvalue weighted by atomic mass is 16.6. The summed E-state index contributed by atoms with van der Waals surface area (Å²) in [6.07, 6.45) is 1.70. The molecule has 1 heterocycles. The first-order valence-electron chi connectivity index (χ1n) is 8.67. The number of ether oxygens (including phenoxy) is 2. The molecule has 0 bridgehead atoms. The Balaban J connectivity index is 1.94. The van der Waals surface area contributed by atoms with E-state index in [0.29, 0.717) is 11.6 Å². The molecule has 0 amide bonds. The third kappa shape index (κ3) is 3.61. The highest BCUT2D eigenvalue weighted by Crippen LogP contribution is 2.29. The van der Waals surface area contributed by atoms with Gasteiger partial charge < -0.3 is 14.4 Å². The van der Waals surface area contributed by atoms with Gasteiger partial charge in [-0.2, -0.15) is 0 Å². The molecule has 2 aromatic rings. The van der Waals surface area contributed by atoms with Crippen molar-refractivity contribution in [2.75, 3.05) is 25.1 Å². The van der Waals surface area contributed by atoms with E-state index < -0.39 is 5.97 Å². The monoisotopic (exact) mass is 350 g/mol. The van der Waals surface area contributed by atoms with Crippen molar-refractivity contribution >= 4 is 23.6 Å². The average molecular weight is 350 g/mol. The van der Waals surface area contributed by atoms with Gasteiger partial charge in [-0.1, -0.05) is 18.2 Å². The lowest BCUT2D eigenvalue weighted by atomic mass is 10.1. The first kappa shape index (κ1) is 17.7. The third-order valence-corrected chi connectivity index (χ3v) is 4.28. The number of hydrogen-bond acceptors (Lipinski definition) is 5. The number of rotatable bonds is 6. The van der Waals surface area contributed by atoms with Gasteiger partial charge in [0.05, 0.1) is 7.11 Å². The number of carbonyl (C=O) groups excluding carboxylic acids is 1. The van der Waals surface area contributed by atoms with Gasteiger partial charge in [0.2, 0.25) is 5.90 Å². The highest BCUT2D eigenvalue weighted by Gasteiger charge is 2.24. The van der Waals surface area contributed by atoms with Crippen molar-refractivity contribution in [3.63, 3.8) is 0 Å². The highest BCUT2D eigenvalue weighted by molar-refractivity contribution is 6.12. The molecule has 0 fully saturated rings. The van der Waals surface area contributed by atoms with Crippen molar-refractivity contribution in [2.45, 2.75) is 13.8 Å². The summed E-state index contributed by atoms with van der Waals surface area (Å²) in [6.45, 7) is 6.05. The number of nitrogens with zero attached hydrogens (tertiary/aromatic N) is 2. The van der Waals surface area contributed by atoms with Gasteiger partial charge in [-0.15, -0.1) is 0 Å². The van der Waals surface area contributed by atoms with Crippen molar-refractivity contribution in [1.29, 1.82) is 0 Å². The topological polar surface area (TPSA) is 51.1 Å². The summed E-state index contributed by atoms with van der Waals surface area (Å²) < 4.78 is 10.8. The van der Waals surface area contributed by atoms with Gasteiger partial charge in [0, 0.05) is 36.0 Å². The number of aliphatic imine (C=N–C) groups is 1. The predicted molar refractivity (Wildman–Crippen MR) is 104 cm³/mol. The van der Waals surface area contributed by atoms with Crippen LogP contribution in [0.25, 0.3) is 6.08 Å². The van der Waals surface area contributed by atoms with E-state index in [4.69, 9.17) is 9.47 Å². The fourth-order valence-corrected chi connectivity index (χ4v) is 2.87. The Hall–Kier alpha value is -3.08. The minimum Gasteiger partial charge on any atom is -0.496 e. The predicted octanol–water partition coefficient (Wildman–Crippen LogP) is 3.89. The minimum atomic E-state index is -0.460. The second-order valence-corrected chi connectivity index (χ2v) is 5.80. The average Bonchev–Trinajstić information content (AvgIpc) is 3.05. The molecule has 1 aliphatic rings. The second-order valence-electron chi connectivity index (χ2n) is 5.80. The minimum absolute atomic E-state index is 0.262. The van der Waals surface area contributed by atoms with E-state index in [2.05, 4.69) is 23.7 Å². The molecule has 5 nitrogen and oxygen atoms in total. The quantitative estimate of drug-likeness (QED) is 0.586. The largest absolute Gasteiger partial charge is 0.496 e. The first-order chi connectivity index (χ1) is 12.7. The van der Waals surface area contributed by atoms with E-state index in [1.807, 2.05) is 48.5 Å². The van der Waals surface area contributed by atoms with Crippen molar-refractivity contribution in [3.05, 3.63) is 65.4 Å². The van der Waals surface area contributed by atoms with Crippen molar-refractivity contribution in [1.82, 2.24) is 0 Å². The lowest BCUT2D eigenvalue weighted by Crippen LogP contribution is -2.21. The van der Waals surface area contributed by atoms with Crippen molar-refractivity contribution < 1.29 is 14.3 Å². The van der Waals surface area contributed by atoms with Crippen LogP contribution >= 0.6 is 0 Å². The Bertz CT molecular complexity index is 853. The number of benzene rings is 2. The zero-order valence-corrected chi connectivity index (χ0v) is 15.2. The standard InChI is InChI=1S/C21H22N2O3/c1-4-23(5-2)17-12-11-16(19(14-17)25-3)13-18-21(24)26-20(22-18)15-9-7-6-8-10-15/h6-14H,4-5H2,1-3H3. The Morgan fingerprint density at radius 1 is 1.12 bits per heavy atom. The molecular weight excluding hydrogens is 328 g/mol. The van der Waals surface area contributed by atoms with E-state index in [0.717, 1.165) is 29.9 Å². The summed E-state index contributed by atoms with van der Waals surface area (Å²) in [5.41, 5.74) is 2.90. The molecule has 0 radical (unpaired) electrons. The lowest BCUT2D eigenvalue weighted by Gasteiger charge is -2.22. The summed E-state index contributed by atoms with van der Waals surface area (Å²) in [6, 6.07) is 15.3. The molecule has 0 unspecified atom stereocenters. The van der Waals surface area contributed by atoms with Gasteiger partial charge in [0.25, 0.3) is 0 Å². The molecule has 0 N–H and O–H groups in total. The van der Waals surface area contributed by atoms with Gasteiger partial charge in [-0.05, 0) is 44.2 Å². The fraction of sp³-hybridized carbons (Fsp3) is 0.238. The van der Waals surface area contributed by atoms with Crippen LogP contribution in [0.3, 0.4) is 0 Å². The number of hydrogen-bond donors (Lipinski definition) is 0. The molecule has 134 valence electrons. The summed E-state index contributed by atoms with van der Waals surface area (Å²) in [4.78, 5) is 18.7. The maximum atomic E-state index is 12.2. The third-order valence-electron chi connectivity index (χ3n) is 4.28. The molecule has 0 atom stereocenters. The number of carbonyl (C=O) groups is 1. The first-order valence-corrected chi connectivity index (χ1v) is 8.67. The van der Waals surface area contributed by atoms with Crippen LogP contribution in [0.2, 0.25) is 0 Å². The van der Waals surface area contributed by atoms with Crippen molar-refractivity contribution in [3.8, 4) is 5.75 Å². The Morgan fingerprint density at radius 3 is 2.50 bits per heavy atom. The Morgan fingerprint density at radius 2 is 1.85 bits per heavy atom. The molecule has 1 aliphatic heterocycles. The summed E-state index contributed by atoms with van der Waals surface area (Å²) in [7, 11) is 1.62. The lowest BCUT2D eigenvalue weighted by molar-refractivity contribution is -0.129. The zero-order chi connectivity index (χ0) is 18.5. The molecule has 0 saturated carbocycles. The maximum absolute atomic E-state index is 12.2. The van der Waals surface area contributed by atoms with E-state index >= 15 is 0 Å². The summed E-state index contributed by atoms with van der Waals surface area (Å²) in [5.74, 6) is 0.553. The maximum Gasteiger partial charge on any atom is 0.363 e. The summed E-state index contributed by atoms with van der Waals surface area (Å²) in [5, 5.41) is 0. The van der Waals surface area contributed by atoms with Crippen LogP contribution in [0, 0.1) is 0 Å². The van der Waals surface area contributed by atoms with Gasteiger partial charge in [0.15, 0.2) is 5.70 Å². The molecule has 3 rings (SSSR count). The number of cyclic esters (lactones) is 1. The van der Waals surface area contributed by atoms with Crippen LogP contribution in [-0.2, 0) is 9.53 Å². The van der Waals surface area contributed by atoms with E-state index in [9.17, 15) is 4.79 Å². The van der Waals surface area contributed by atoms with Crippen LogP contribution in [0.4, 0.5) is 5.69 Å². The zero-order valence-electron chi connectivity index (χ0n) is 15.2. The van der Waals surface area contributed by atoms with Crippen LogP contribution in [0.5, 0.6) is 5.75 Å². The van der Waals surface area contributed by atoms with Crippen LogP contribution in [-0.4, -0.2) is 32.1 Å². The molecule has 2 aromatic carbocycles. The number of anilines is 1. The second kappa shape index (κ2) is 7.87. The van der Waals surface area contributed by atoms with E-state index in [-0.39, 0.29) is 5.70 Å². The smallest absolute Gasteiger partial charge is 0.363 e.